The van der Waals surface area contributed by atoms with E-state index in [4.69, 9.17) is 23.7 Å². The monoisotopic (exact) mass is 323 g/mol. The predicted molar refractivity (Wildman–Crippen MR) is 66.1 cm³/mol. The van der Waals surface area contributed by atoms with E-state index in [1.54, 1.807) is 6.07 Å². The molecule has 0 fully saturated rings. The molecule has 0 bridgehead atoms. The number of hydrogen-bond acceptors (Lipinski definition) is 4. The van der Waals surface area contributed by atoms with Crippen LogP contribution < -0.4 is 11.5 Å². The van der Waals surface area contributed by atoms with Gasteiger partial charge in [0.2, 0.25) is 0 Å². The number of rotatable bonds is 2. The Kier molecular flexibility index (Phi) is 3.21. The summed E-state index contributed by atoms with van der Waals surface area (Å²) in [7, 11) is 0. The Morgan fingerprint density at radius 1 is 1.57 bits per heavy atom. The van der Waals surface area contributed by atoms with Gasteiger partial charge in [0.15, 0.2) is 0 Å². The van der Waals surface area contributed by atoms with Crippen molar-refractivity contribution in [3.63, 3.8) is 0 Å². The van der Waals surface area contributed by atoms with E-state index in [1.807, 2.05) is 22.6 Å². The molecular formula is C7H6IN3O2S. The third-order valence-electron chi connectivity index (χ3n) is 1.59. The summed E-state index contributed by atoms with van der Waals surface area (Å²) >= 11 is 6.62. The van der Waals surface area contributed by atoms with Crippen molar-refractivity contribution < 1.29 is 4.92 Å². The lowest BCUT2D eigenvalue weighted by Crippen LogP contribution is -2.11. The first-order chi connectivity index (χ1) is 6.43. The molecule has 0 radical (unpaired) electrons. The molecular weight excluding hydrogens is 317 g/mol. The Hall–Kier alpha value is -0.960. The standard InChI is InChI=1S/C7H6IN3O2S/c8-4-1-3(7(10)14)2-5(6(4)9)11(12)13/h1-2H,9H2,(H2,10,14). The first-order valence-electron chi connectivity index (χ1n) is 3.46. The first-order valence-corrected chi connectivity index (χ1v) is 4.95. The smallest absolute Gasteiger partial charge is 0.293 e. The van der Waals surface area contributed by atoms with Crippen LogP contribution in [-0.4, -0.2) is 9.91 Å². The van der Waals surface area contributed by atoms with E-state index in [0.717, 1.165) is 0 Å². The third kappa shape index (κ3) is 2.10. The highest BCUT2D eigenvalue weighted by Gasteiger charge is 2.16. The molecule has 0 saturated carbocycles. The van der Waals surface area contributed by atoms with E-state index < -0.39 is 4.92 Å². The lowest BCUT2D eigenvalue weighted by molar-refractivity contribution is -0.384. The van der Waals surface area contributed by atoms with Crippen LogP contribution in [0, 0.1) is 13.7 Å². The molecule has 0 heterocycles. The van der Waals surface area contributed by atoms with Gasteiger partial charge in [-0.05, 0) is 28.7 Å². The van der Waals surface area contributed by atoms with E-state index in [-0.39, 0.29) is 16.4 Å². The van der Waals surface area contributed by atoms with E-state index in [0.29, 0.717) is 9.13 Å². The second-order valence-corrected chi connectivity index (χ2v) is 4.11. The number of nitrogen functional groups attached to an aromatic ring is 1. The van der Waals surface area contributed by atoms with E-state index in [9.17, 15) is 10.1 Å². The molecule has 0 atom stereocenters. The van der Waals surface area contributed by atoms with Crippen LogP contribution in [0.1, 0.15) is 5.56 Å². The minimum Gasteiger partial charge on any atom is -0.392 e. The Morgan fingerprint density at radius 2 is 2.14 bits per heavy atom. The molecule has 0 aliphatic heterocycles. The fraction of sp³-hybridized carbons (Fsp3) is 0. The second kappa shape index (κ2) is 4.05. The highest BCUT2D eigenvalue weighted by atomic mass is 127. The van der Waals surface area contributed by atoms with Crippen molar-refractivity contribution in [1.29, 1.82) is 0 Å². The number of benzene rings is 1. The fourth-order valence-corrected chi connectivity index (χ4v) is 1.63. The maximum absolute atomic E-state index is 10.6. The number of nitro groups is 1. The van der Waals surface area contributed by atoms with Gasteiger partial charge in [-0.2, -0.15) is 0 Å². The first kappa shape index (κ1) is 11.1. The van der Waals surface area contributed by atoms with Gasteiger partial charge in [-0.25, -0.2) is 0 Å². The van der Waals surface area contributed by atoms with Gasteiger partial charge in [0.1, 0.15) is 10.7 Å². The fourth-order valence-electron chi connectivity index (χ4n) is 0.897. The van der Waals surface area contributed by atoms with Crippen molar-refractivity contribution in [3.05, 3.63) is 31.4 Å². The van der Waals surface area contributed by atoms with Crippen LogP contribution in [0.15, 0.2) is 12.1 Å². The predicted octanol–water partition coefficient (Wildman–Crippen LogP) is 1.42. The summed E-state index contributed by atoms with van der Waals surface area (Å²) in [6.07, 6.45) is 0. The molecule has 0 saturated heterocycles. The van der Waals surface area contributed by atoms with Gasteiger partial charge in [0.25, 0.3) is 5.69 Å². The molecule has 0 unspecified atom stereocenters. The van der Waals surface area contributed by atoms with E-state index >= 15 is 0 Å². The van der Waals surface area contributed by atoms with Crippen molar-refractivity contribution in [2.24, 2.45) is 5.73 Å². The summed E-state index contributed by atoms with van der Waals surface area (Å²) < 4.78 is 0.569. The molecule has 1 rings (SSSR count). The summed E-state index contributed by atoms with van der Waals surface area (Å²) in [5.41, 5.74) is 11.3. The molecule has 0 aliphatic carbocycles. The Bertz CT molecular complexity index is 422. The topological polar surface area (TPSA) is 95.2 Å². The Labute approximate surface area is 98.7 Å². The molecule has 0 aliphatic rings. The summed E-state index contributed by atoms with van der Waals surface area (Å²) in [5, 5.41) is 10.6. The number of nitrogens with two attached hydrogens (primary N) is 2. The molecule has 0 aromatic heterocycles. The third-order valence-corrected chi connectivity index (χ3v) is 2.72. The largest absolute Gasteiger partial charge is 0.392 e. The average Bonchev–Trinajstić information content (AvgIpc) is 2.08. The number of nitrogens with zero attached hydrogens (tertiary/aromatic N) is 1. The SMILES string of the molecule is NC(=S)c1cc(I)c(N)c([N+](=O)[O-])c1. The van der Waals surface area contributed by atoms with Gasteiger partial charge in [0, 0.05) is 15.2 Å². The molecule has 0 spiro atoms. The summed E-state index contributed by atoms with van der Waals surface area (Å²) in [6, 6.07) is 2.89. The Balaban J connectivity index is 3.43. The van der Waals surface area contributed by atoms with Gasteiger partial charge in [-0.3, -0.25) is 10.1 Å². The number of hydrogen-bond donors (Lipinski definition) is 2. The Morgan fingerprint density at radius 3 is 2.57 bits per heavy atom. The molecule has 5 nitrogen and oxygen atoms in total. The number of halogens is 1. The van der Waals surface area contributed by atoms with E-state index in [1.165, 1.54) is 6.07 Å². The van der Waals surface area contributed by atoms with Crippen LogP contribution in [0.3, 0.4) is 0 Å². The molecule has 0 amide bonds. The minimum atomic E-state index is -0.556. The summed E-state index contributed by atoms with van der Waals surface area (Å²) in [6.45, 7) is 0. The van der Waals surface area contributed by atoms with Crippen molar-refractivity contribution in [2.75, 3.05) is 5.73 Å². The van der Waals surface area contributed by atoms with Gasteiger partial charge in [-0.15, -0.1) is 0 Å². The quantitative estimate of drug-likeness (QED) is 0.282. The normalized spacial score (nSPS) is 9.79. The minimum absolute atomic E-state index is 0.117. The van der Waals surface area contributed by atoms with Gasteiger partial charge in [0.05, 0.1) is 4.92 Å². The second-order valence-electron chi connectivity index (χ2n) is 2.51. The van der Waals surface area contributed by atoms with Crippen LogP contribution in [0.25, 0.3) is 0 Å². The van der Waals surface area contributed by atoms with Crippen LogP contribution >= 0.6 is 34.8 Å². The van der Waals surface area contributed by atoms with Crippen molar-refractivity contribution in [2.45, 2.75) is 0 Å². The molecule has 1 aromatic rings. The van der Waals surface area contributed by atoms with Crippen molar-refractivity contribution in [1.82, 2.24) is 0 Å². The molecule has 74 valence electrons. The summed E-state index contributed by atoms with van der Waals surface area (Å²) in [4.78, 5) is 10.1. The number of thiocarbonyl (C=S) groups is 1. The number of anilines is 1. The van der Waals surface area contributed by atoms with Gasteiger partial charge in [-0.1, -0.05) is 12.2 Å². The lowest BCUT2D eigenvalue weighted by atomic mass is 10.2. The zero-order chi connectivity index (χ0) is 10.9. The summed E-state index contributed by atoms with van der Waals surface area (Å²) in [5.74, 6) is 0. The molecule has 1 aromatic carbocycles. The zero-order valence-electron chi connectivity index (χ0n) is 6.86. The zero-order valence-corrected chi connectivity index (χ0v) is 9.83. The van der Waals surface area contributed by atoms with Gasteiger partial charge >= 0.3 is 0 Å². The van der Waals surface area contributed by atoms with Crippen LogP contribution in [0.5, 0.6) is 0 Å². The molecule has 4 N–H and O–H groups in total. The number of nitro benzene ring substituents is 1. The maximum Gasteiger partial charge on any atom is 0.293 e. The van der Waals surface area contributed by atoms with Crippen LogP contribution in [0.2, 0.25) is 0 Å². The van der Waals surface area contributed by atoms with E-state index in [2.05, 4.69) is 0 Å². The van der Waals surface area contributed by atoms with Crippen LogP contribution in [0.4, 0.5) is 11.4 Å². The highest BCUT2D eigenvalue weighted by molar-refractivity contribution is 14.1. The lowest BCUT2D eigenvalue weighted by Gasteiger charge is -2.03. The highest BCUT2D eigenvalue weighted by Crippen LogP contribution is 2.28. The molecule has 7 heteroatoms. The maximum atomic E-state index is 10.6. The molecule has 14 heavy (non-hydrogen) atoms. The average molecular weight is 323 g/mol. The van der Waals surface area contributed by atoms with Crippen LogP contribution in [-0.2, 0) is 0 Å². The van der Waals surface area contributed by atoms with Crippen molar-refractivity contribution in [3.8, 4) is 0 Å². The van der Waals surface area contributed by atoms with Gasteiger partial charge < -0.3 is 11.5 Å². The van der Waals surface area contributed by atoms with Crippen molar-refractivity contribution >= 4 is 51.2 Å².